The van der Waals surface area contributed by atoms with E-state index in [1.54, 1.807) is 17.1 Å². The van der Waals surface area contributed by atoms with Gasteiger partial charge in [0.25, 0.3) is 5.91 Å². The van der Waals surface area contributed by atoms with Gasteiger partial charge in [-0.15, -0.1) is 5.10 Å². The molecule has 0 spiro atoms. The molecule has 2 aromatic heterocycles. The molecule has 25 heavy (non-hydrogen) atoms. The van der Waals surface area contributed by atoms with Gasteiger partial charge in [-0.3, -0.25) is 9.78 Å². The second-order valence-electron chi connectivity index (χ2n) is 6.27. The molecule has 6 nitrogen and oxygen atoms in total. The van der Waals surface area contributed by atoms with Crippen molar-refractivity contribution in [3.8, 4) is 5.69 Å². The molecule has 0 N–H and O–H groups in total. The van der Waals surface area contributed by atoms with Crippen LogP contribution >= 0.6 is 0 Å². The first-order valence-electron chi connectivity index (χ1n) is 8.47. The van der Waals surface area contributed by atoms with E-state index in [-0.39, 0.29) is 5.91 Å². The summed E-state index contributed by atoms with van der Waals surface area (Å²) in [5.74, 6) is 0.471. The van der Waals surface area contributed by atoms with E-state index in [4.69, 9.17) is 0 Å². The third kappa shape index (κ3) is 3.28. The van der Waals surface area contributed by atoms with Crippen molar-refractivity contribution in [1.29, 1.82) is 0 Å². The zero-order valence-electron chi connectivity index (χ0n) is 13.8. The molecule has 1 aliphatic rings. The van der Waals surface area contributed by atoms with Gasteiger partial charge in [-0.05, 0) is 54.8 Å². The summed E-state index contributed by atoms with van der Waals surface area (Å²) in [5, 5.41) is 7.76. The van der Waals surface area contributed by atoms with E-state index in [2.05, 4.69) is 15.3 Å². The Hall–Kier alpha value is -3.02. The average molecular weight is 333 g/mol. The minimum absolute atomic E-state index is 0.0869. The number of benzene rings is 1. The second-order valence-corrected chi connectivity index (χ2v) is 6.27. The Bertz CT molecular complexity index is 830. The first-order valence-corrected chi connectivity index (χ1v) is 8.47. The topological polar surface area (TPSA) is 63.9 Å². The van der Waals surface area contributed by atoms with Gasteiger partial charge in [-0.1, -0.05) is 5.21 Å². The zero-order chi connectivity index (χ0) is 17.1. The van der Waals surface area contributed by atoms with Crippen LogP contribution in [0.3, 0.4) is 0 Å². The first-order chi connectivity index (χ1) is 12.3. The highest BCUT2D eigenvalue weighted by atomic mass is 16.2. The zero-order valence-corrected chi connectivity index (χ0v) is 13.8. The van der Waals surface area contributed by atoms with E-state index in [9.17, 15) is 4.79 Å². The van der Waals surface area contributed by atoms with Crippen molar-refractivity contribution in [2.24, 2.45) is 0 Å². The monoisotopic (exact) mass is 333 g/mol. The summed E-state index contributed by atoms with van der Waals surface area (Å²) in [5.41, 5.74) is 2.86. The number of pyridine rings is 1. The van der Waals surface area contributed by atoms with E-state index in [1.165, 1.54) is 5.56 Å². The summed E-state index contributed by atoms with van der Waals surface area (Å²) in [6, 6.07) is 11.6. The number of rotatable bonds is 3. The van der Waals surface area contributed by atoms with Crippen molar-refractivity contribution < 1.29 is 4.79 Å². The number of aromatic nitrogens is 4. The molecule has 0 radical (unpaired) electrons. The molecule has 4 rings (SSSR count). The molecule has 3 aromatic rings. The minimum atomic E-state index is 0.0869. The maximum atomic E-state index is 12.9. The van der Waals surface area contributed by atoms with Crippen molar-refractivity contribution in [3.05, 3.63) is 72.3 Å². The Morgan fingerprint density at radius 2 is 1.84 bits per heavy atom. The van der Waals surface area contributed by atoms with Crippen LogP contribution < -0.4 is 0 Å². The number of hydrogen-bond acceptors (Lipinski definition) is 4. The largest absolute Gasteiger partial charge is 0.338 e. The van der Waals surface area contributed by atoms with Gasteiger partial charge in [-0.2, -0.15) is 0 Å². The molecule has 0 bridgehead atoms. The van der Waals surface area contributed by atoms with Gasteiger partial charge < -0.3 is 4.90 Å². The maximum absolute atomic E-state index is 12.9. The molecule has 0 saturated carbocycles. The predicted octanol–water partition coefficient (Wildman–Crippen LogP) is 2.68. The molecule has 1 aliphatic heterocycles. The summed E-state index contributed by atoms with van der Waals surface area (Å²) < 4.78 is 1.68. The fraction of sp³-hybridized carbons (Fsp3) is 0.263. The van der Waals surface area contributed by atoms with Gasteiger partial charge in [0.2, 0.25) is 0 Å². The molecule has 126 valence electrons. The number of nitrogens with zero attached hydrogens (tertiary/aromatic N) is 5. The van der Waals surface area contributed by atoms with Crippen molar-refractivity contribution in [2.75, 3.05) is 13.1 Å². The molecule has 1 saturated heterocycles. The fourth-order valence-electron chi connectivity index (χ4n) is 3.35. The Kier molecular flexibility index (Phi) is 4.24. The third-order valence-corrected chi connectivity index (χ3v) is 4.69. The van der Waals surface area contributed by atoms with Crippen LogP contribution in [-0.2, 0) is 0 Å². The minimum Gasteiger partial charge on any atom is -0.338 e. The molecule has 1 fully saturated rings. The van der Waals surface area contributed by atoms with Crippen LogP contribution in [0.15, 0.2) is 61.2 Å². The number of piperidine rings is 1. The average Bonchev–Trinajstić information content (AvgIpc) is 3.23. The van der Waals surface area contributed by atoms with Crippen molar-refractivity contribution in [1.82, 2.24) is 24.9 Å². The van der Waals surface area contributed by atoms with Crippen LogP contribution in [0.1, 0.15) is 34.7 Å². The lowest BCUT2D eigenvalue weighted by Gasteiger charge is -2.33. The lowest BCUT2D eigenvalue weighted by Crippen LogP contribution is -2.39. The van der Waals surface area contributed by atoms with Crippen LogP contribution in [0.25, 0.3) is 5.69 Å². The van der Waals surface area contributed by atoms with Gasteiger partial charge in [0.1, 0.15) is 0 Å². The normalized spacial score (nSPS) is 17.4. The summed E-state index contributed by atoms with van der Waals surface area (Å²) in [6.45, 7) is 1.57. The molecule has 1 amide bonds. The lowest BCUT2D eigenvalue weighted by molar-refractivity contribution is 0.0707. The van der Waals surface area contributed by atoms with E-state index >= 15 is 0 Å². The number of carbonyl (C=O) groups is 1. The van der Waals surface area contributed by atoms with Crippen LogP contribution in [0.4, 0.5) is 0 Å². The number of hydrogen-bond donors (Lipinski definition) is 0. The Morgan fingerprint density at radius 1 is 1.04 bits per heavy atom. The lowest BCUT2D eigenvalue weighted by atomic mass is 9.91. The van der Waals surface area contributed by atoms with E-state index in [1.807, 2.05) is 53.7 Å². The van der Waals surface area contributed by atoms with Crippen LogP contribution in [-0.4, -0.2) is 43.9 Å². The van der Waals surface area contributed by atoms with Crippen LogP contribution in [0, 0.1) is 0 Å². The van der Waals surface area contributed by atoms with Gasteiger partial charge >= 0.3 is 0 Å². The summed E-state index contributed by atoms with van der Waals surface area (Å²) in [6.07, 6.45) is 9.18. The third-order valence-electron chi connectivity index (χ3n) is 4.69. The molecular weight excluding hydrogens is 314 g/mol. The Labute approximate surface area is 146 Å². The highest BCUT2D eigenvalue weighted by Crippen LogP contribution is 2.27. The number of likely N-dealkylation sites (tertiary alicyclic amines) is 1. The van der Waals surface area contributed by atoms with Crippen molar-refractivity contribution in [2.45, 2.75) is 18.8 Å². The first kappa shape index (κ1) is 15.5. The molecular formula is C19H19N5O. The van der Waals surface area contributed by atoms with E-state index in [0.29, 0.717) is 11.5 Å². The second kappa shape index (κ2) is 6.84. The van der Waals surface area contributed by atoms with Gasteiger partial charge in [0, 0.05) is 37.0 Å². The summed E-state index contributed by atoms with van der Waals surface area (Å²) >= 11 is 0. The highest BCUT2D eigenvalue weighted by Gasteiger charge is 2.25. The fourth-order valence-corrected chi connectivity index (χ4v) is 3.35. The van der Waals surface area contributed by atoms with Gasteiger partial charge in [-0.25, -0.2) is 4.68 Å². The summed E-state index contributed by atoms with van der Waals surface area (Å²) in [4.78, 5) is 18.9. The number of carbonyl (C=O) groups excluding carboxylic acids is 1. The van der Waals surface area contributed by atoms with Crippen LogP contribution in [0.2, 0.25) is 0 Å². The van der Waals surface area contributed by atoms with Crippen molar-refractivity contribution in [3.63, 3.8) is 0 Å². The molecule has 1 atom stereocenters. The Morgan fingerprint density at radius 3 is 2.56 bits per heavy atom. The molecule has 3 heterocycles. The van der Waals surface area contributed by atoms with E-state index in [0.717, 1.165) is 31.6 Å². The number of amides is 1. The van der Waals surface area contributed by atoms with E-state index < -0.39 is 0 Å². The molecule has 0 unspecified atom stereocenters. The summed E-state index contributed by atoms with van der Waals surface area (Å²) in [7, 11) is 0. The van der Waals surface area contributed by atoms with Crippen molar-refractivity contribution >= 4 is 5.91 Å². The maximum Gasteiger partial charge on any atom is 0.253 e. The predicted molar refractivity (Wildman–Crippen MR) is 93.5 cm³/mol. The standard InChI is InChI=1S/C19H19N5O/c25-19(16-3-5-18(6-4-16)24-13-11-21-22-24)23-12-1-2-17(14-23)15-7-9-20-10-8-15/h3-11,13,17H,1-2,12,14H2/t17-/m0/s1. The SMILES string of the molecule is O=C(c1ccc(-n2ccnn2)cc1)N1CCC[C@H](c2ccncc2)C1. The molecule has 6 heteroatoms. The van der Waals surface area contributed by atoms with Crippen LogP contribution in [0.5, 0.6) is 0 Å². The molecule has 0 aliphatic carbocycles. The highest BCUT2D eigenvalue weighted by molar-refractivity contribution is 5.94. The Balaban J connectivity index is 1.48. The smallest absolute Gasteiger partial charge is 0.253 e. The molecule has 1 aromatic carbocycles. The van der Waals surface area contributed by atoms with Gasteiger partial charge in [0.05, 0.1) is 18.1 Å². The quantitative estimate of drug-likeness (QED) is 0.739. The van der Waals surface area contributed by atoms with Gasteiger partial charge in [0.15, 0.2) is 0 Å².